The number of nitrogens with one attached hydrogen (secondary N) is 1. The molecule has 1 N–H and O–H groups in total. The van der Waals surface area contributed by atoms with Crippen LogP contribution in [0, 0.1) is 0 Å². The maximum Gasteiger partial charge on any atom is 0.236 e. The van der Waals surface area contributed by atoms with Crippen molar-refractivity contribution in [3.63, 3.8) is 0 Å². The summed E-state index contributed by atoms with van der Waals surface area (Å²) < 4.78 is 0. The molecule has 0 atom stereocenters. The number of hydrogen-bond donors (Lipinski definition) is 1. The number of nitrogens with zero attached hydrogens (tertiary/aromatic N) is 1. The minimum absolute atomic E-state index is 0.119. The quantitative estimate of drug-likeness (QED) is 0.860. The van der Waals surface area contributed by atoms with Gasteiger partial charge < -0.3 is 5.32 Å². The molecule has 1 aromatic carbocycles. The Morgan fingerprint density at radius 2 is 2.28 bits per heavy atom. The van der Waals surface area contributed by atoms with Gasteiger partial charge in [-0.3, -0.25) is 4.79 Å². The van der Waals surface area contributed by atoms with Crippen LogP contribution in [-0.2, 0) is 4.79 Å². The molecular weight excluding hydrogens is 311 g/mol. The van der Waals surface area contributed by atoms with Crippen LogP contribution in [-0.4, -0.2) is 16.6 Å². The van der Waals surface area contributed by atoms with Crippen LogP contribution in [0.2, 0.25) is 10.0 Å². The second kappa shape index (κ2) is 6.43. The number of thioether (sulfide) groups is 1. The molecule has 0 spiro atoms. The van der Waals surface area contributed by atoms with E-state index in [9.17, 15) is 4.79 Å². The van der Waals surface area contributed by atoms with Gasteiger partial charge in [0.05, 0.1) is 10.8 Å². The molecule has 0 bridgehead atoms. The summed E-state index contributed by atoms with van der Waals surface area (Å²) in [7, 11) is 0. The molecule has 18 heavy (non-hydrogen) atoms. The maximum atomic E-state index is 11.6. The first kappa shape index (κ1) is 13.7. The summed E-state index contributed by atoms with van der Waals surface area (Å²) in [4.78, 5) is 16.4. The van der Waals surface area contributed by atoms with E-state index >= 15 is 0 Å². The Morgan fingerprint density at radius 3 is 3.00 bits per heavy atom. The van der Waals surface area contributed by atoms with Crippen LogP contribution in [0.4, 0.5) is 5.13 Å². The Labute approximate surface area is 123 Å². The van der Waals surface area contributed by atoms with Crippen LogP contribution in [0.5, 0.6) is 0 Å². The van der Waals surface area contributed by atoms with E-state index < -0.39 is 0 Å². The minimum Gasteiger partial charge on any atom is -0.301 e. The number of carbonyl (C=O) groups excluding carboxylic acids is 1. The Morgan fingerprint density at radius 1 is 1.44 bits per heavy atom. The third-order valence-corrected chi connectivity index (χ3v) is 4.35. The van der Waals surface area contributed by atoms with Crippen LogP contribution in [0.1, 0.15) is 0 Å². The monoisotopic (exact) mass is 318 g/mol. The van der Waals surface area contributed by atoms with Crippen LogP contribution in [0.15, 0.2) is 34.7 Å². The lowest BCUT2D eigenvalue weighted by Crippen LogP contribution is -2.13. The maximum absolute atomic E-state index is 11.6. The largest absolute Gasteiger partial charge is 0.301 e. The summed E-state index contributed by atoms with van der Waals surface area (Å²) in [6.45, 7) is 0. The predicted octanol–water partition coefficient (Wildman–Crippen LogP) is 4.18. The van der Waals surface area contributed by atoms with Crippen molar-refractivity contribution >= 4 is 57.3 Å². The number of carbonyl (C=O) groups is 1. The van der Waals surface area contributed by atoms with E-state index in [4.69, 9.17) is 23.2 Å². The predicted molar refractivity (Wildman–Crippen MR) is 77.9 cm³/mol. The minimum atomic E-state index is -0.119. The molecule has 0 fully saturated rings. The summed E-state index contributed by atoms with van der Waals surface area (Å²) in [6, 6.07) is 5.17. The van der Waals surface area contributed by atoms with Crippen LogP contribution in [0.3, 0.4) is 0 Å². The van der Waals surface area contributed by atoms with Crippen molar-refractivity contribution < 1.29 is 4.79 Å². The van der Waals surface area contributed by atoms with E-state index in [1.807, 2.05) is 0 Å². The van der Waals surface area contributed by atoms with Crippen molar-refractivity contribution in [2.24, 2.45) is 0 Å². The Kier molecular flexibility index (Phi) is 4.88. The Balaban J connectivity index is 1.91. The van der Waals surface area contributed by atoms with Gasteiger partial charge in [0.1, 0.15) is 0 Å². The lowest BCUT2D eigenvalue weighted by Gasteiger charge is -2.04. The second-order valence-corrected chi connectivity index (χ2v) is 6.00. The molecule has 0 saturated carbocycles. The summed E-state index contributed by atoms with van der Waals surface area (Å²) in [5.74, 6) is 0.144. The lowest BCUT2D eigenvalue weighted by atomic mass is 10.4. The molecule has 0 unspecified atom stereocenters. The van der Waals surface area contributed by atoms with Crippen molar-refractivity contribution in [3.05, 3.63) is 39.8 Å². The molecule has 1 amide bonds. The van der Waals surface area contributed by atoms with E-state index in [0.717, 1.165) is 4.90 Å². The van der Waals surface area contributed by atoms with Gasteiger partial charge in [0.25, 0.3) is 0 Å². The first-order valence-electron chi connectivity index (χ1n) is 4.92. The number of anilines is 1. The molecule has 1 heterocycles. The zero-order chi connectivity index (χ0) is 13.0. The van der Waals surface area contributed by atoms with E-state index in [1.165, 1.54) is 23.1 Å². The number of aromatic nitrogens is 1. The molecule has 0 aliphatic carbocycles. The second-order valence-electron chi connectivity index (χ2n) is 3.25. The van der Waals surface area contributed by atoms with Gasteiger partial charge in [0.2, 0.25) is 5.91 Å². The molecule has 0 saturated heterocycles. The average molecular weight is 319 g/mol. The molecule has 0 aliphatic rings. The van der Waals surface area contributed by atoms with E-state index in [-0.39, 0.29) is 11.7 Å². The van der Waals surface area contributed by atoms with Crippen molar-refractivity contribution in [3.8, 4) is 0 Å². The van der Waals surface area contributed by atoms with Gasteiger partial charge in [-0.15, -0.1) is 23.1 Å². The van der Waals surface area contributed by atoms with Gasteiger partial charge in [0, 0.05) is 21.5 Å². The van der Waals surface area contributed by atoms with Gasteiger partial charge in [-0.05, 0) is 18.2 Å². The van der Waals surface area contributed by atoms with Gasteiger partial charge in [-0.1, -0.05) is 23.2 Å². The van der Waals surface area contributed by atoms with Gasteiger partial charge >= 0.3 is 0 Å². The van der Waals surface area contributed by atoms with Gasteiger partial charge in [-0.25, -0.2) is 4.98 Å². The molecule has 1 aromatic heterocycles. The lowest BCUT2D eigenvalue weighted by molar-refractivity contribution is -0.113. The van der Waals surface area contributed by atoms with Gasteiger partial charge in [-0.2, -0.15) is 0 Å². The molecule has 2 aromatic rings. The molecule has 0 radical (unpaired) electrons. The highest BCUT2D eigenvalue weighted by molar-refractivity contribution is 8.00. The fourth-order valence-corrected chi connectivity index (χ4v) is 3.01. The normalized spacial score (nSPS) is 10.3. The highest BCUT2D eigenvalue weighted by atomic mass is 35.5. The van der Waals surface area contributed by atoms with Crippen LogP contribution in [0.25, 0.3) is 0 Å². The standard InChI is InChI=1S/C11H8Cl2N2OS2/c12-7-1-2-8(13)9(5-7)18-6-10(16)15-11-14-3-4-17-11/h1-5H,6H2,(H,14,15,16). The molecule has 7 heteroatoms. The van der Waals surface area contributed by atoms with Crippen molar-refractivity contribution in [1.29, 1.82) is 0 Å². The SMILES string of the molecule is O=C(CSc1cc(Cl)ccc1Cl)Nc1nccs1. The van der Waals surface area contributed by atoms with Crippen molar-refractivity contribution in [1.82, 2.24) is 4.98 Å². The number of thiazole rings is 1. The first-order chi connectivity index (χ1) is 8.65. The van der Waals surface area contributed by atoms with Crippen molar-refractivity contribution in [2.75, 3.05) is 11.1 Å². The summed E-state index contributed by atoms with van der Waals surface area (Å²) in [5, 5.41) is 6.28. The highest BCUT2D eigenvalue weighted by Crippen LogP contribution is 2.29. The third-order valence-electron chi connectivity index (χ3n) is 1.93. The first-order valence-corrected chi connectivity index (χ1v) is 7.54. The summed E-state index contributed by atoms with van der Waals surface area (Å²) in [6.07, 6.45) is 1.64. The zero-order valence-electron chi connectivity index (χ0n) is 9.02. The smallest absolute Gasteiger partial charge is 0.236 e. The fourth-order valence-electron chi connectivity index (χ4n) is 1.17. The van der Waals surface area contributed by atoms with E-state index in [2.05, 4.69) is 10.3 Å². The number of amides is 1. The topological polar surface area (TPSA) is 42.0 Å². The van der Waals surface area contributed by atoms with Crippen molar-refractivity contribution in [2.45, 2.75) is 4.90 Å². The number of benzene rings is 1. The van der Waals surface area contributed by atoms with Crippen LogP contribution >= 0.6 is 46.3 Å². The zero-order valence-corrected chi connectivity index (χ0v) is 12.2. The van der Waals surface area contributed by atoms with Crippen LogP contribution < -0.4 is 5.32 Å². The Bertz CT molecular complexity index is 546. The highest BCUT2D eigenvalue weighted by Gasteiger charge is 2.07. The third kappa shape index (κ3) is 3.88. The number of rotatable bonds is 4. The summed E-state index contributed by atoms with van der Waals surface area (Å²) >= 11 is 14.6. The molecule has 2 rings (SSSR count). The van der Waals surface area contributed by atoms with E-state index in [1.54, 1.807) is 29.8 Å². The molecule has 94 valence electrons. The average Bonchev–Trinajstić information content (AvgIpc) is 2.83. The molecular formula is C11H8Cl2N2OS2. The van der Waals surface area contributed by atoms with Gasteiger partial charge in [0.15, 0.2) is 5.13 Å². The Hall–Kier alpha value is -0.750. The number of halogens is 2. The fraction of sp³-hybridized carbons (Fsp3) is 0.0909. The number of hydrogen-bond acceptors (Lipinski definition) is 4. The van der Waals surface area contributed by atoms with E-state index in [0.29, 0.717) is 15.2 Å². The molecule has 0 aliphatic heterocycles. The summed E-state index contributed by atoms with van der Waals surface area (Å²) in [5.41, 5.74) is 0. The molecule has 3 nitrogen and oxygen atoms in total.